The molecule has 3 aromatic rings. The summed E-state index contributed by atoms with van der Waals surface area (Å²) in [5.41, 5.74) is 2.97. The van der Waals surface area contributed by atoms with E-state index < -0.39 is 22.5 Å². The van der Waals surface area contributed by atoms with E-state index in [1.165, 1.54) is 79.2 Å². The van der Waals surface area contributed by atoms with Crippen molar-refractivity contribution >= 4 is 27.8 Å². The fourth-order valence-electron chi connectivity index (χ4n) is 3.68. The Labute approximate surface area is 233 Å². The number of hydrogen-bond acceptors (Lipinski definition) is 10. The number of nitrogens with zero attached hydrogens (tertiary/aromatic N) is 2. The number of amides is 1. The minimum absolute atomic E-state index is 0.0743. The van der Waals surface area contributed by atoms with E-state index in [0.29, 0.717) is 28.6 Å². The first-order valence-corrected chi connectivity index (χ1v) is 13.2. The van der Waals surface area contributed by atoms with E-state index in [-0.39, 0.29) is 22.1 Å². The monoisotopic (exact) mass is 573 g/mol. The van der Waals surface area contributed by atoms with Gasteiger partial charge in [-0.3, -0.25) is 9.10 Å². The zero-order valence-corrected chi connectivity index (χ0v) is 23.8. The highest BCUT2D eigenvalue weighted by molar-refractivity contribution is 7.92. The first-order chi connectivity index (χ1) is 19.2. The standard InChI is InChI=1S/C27H31N3O9S/c1-34-19-7-10-23(36-3)18(13-19)16-28-29-27(31)17-30(22-14-20(35-2)8-11-24(22)37-4)40(32,33)21-9-12-25(38-5)26(15-21)39-6/h7-16H,17H2,1-6H3,(H,29,31)/b28-16-. The van der Waals surface area contributed by atoms with Crippen LogP contribution in [0.1, 0.15) is 5.56 Å². The van der Waals surface area contributed by atoms with Gasteiger partial charge in [-0.25, -0.2) is 13.8 Å². The summed E-state index contributed by atoms with van der Waals surface area (Å²) in [6.07, 6.45) is 1.36. The third-order valence-electron chi connectivity index (χ3n) is 5.71. The molecule has 0 saturated carbocycles. The lowest BCUT2D eigenvalue weighted by Crippen LogP contribution is -2.39. The topological polar surface area (TPSA) is 134 Å². The molecule has 3 aromatic carbocycles. The van der Waals surface area contributed by atoms with Crippen molar-refractivity contribution in [1.29, 1.82) is 0 Å². The zero-order chi connectivity index (χ0) is 29.3. The second-order valence-corrected chi connectivity index (χ2v) is 9.83. The smallest absolute Gasteiger partial charge is 0.265 e. The lowest BCUT2D eigenvalue weighted by molar-refractivity contribution is -0.119. The van der Waals surface area contributed by atoms with Gasteiger partial charge in [0, 0.05) is 17.7 Å². The van der Waals surface area contributed by atoms with E-state index in [9.17, 15) is 13.2 Å². The van der Waals surface area contributed by atoms with Crippen LogP contribution in [0, 0.1) is 0 Å². The van der Waals surface area contributed by atoms with Crippen LogP contribution in [0.25, 0.3) is 0 Å². The van der Waals surface area contributed by atoms with Gasteiger partial charge in [-0.1, -0.05) is 0 Å². The van der Waals surface area contributed by atoms with Gasteiger partial charge in [0.15, 0.2) is 11.5 Å². The highest BCUT2D eigenvalue weighted by Gasteiger charge is 2.31. The number of sulfonamides is 1. The molecule has 0 aliphatic rings. The van der Waals surface area contributed by atoms with Crippen LogP contribution in [0.4, 0.5) is 5.69 Å². The highest BCUT2D eigenvalue weighted by atomic mass is 32.2. The van der Waals surface area contributed by atoms with Crippen LogP contribution < -0.4 is 38.2 Å². The number of hydrogen-bond donors (Lipinski definition) is 1. The average molecular weight is 574 g/mol. The third kappa shape index (κ3) is 6.67. The van der Waals surface area contributed by atoms with Crippen molar-refractivity contribution in [2.75, 3.05) is 53.5 Å². The lowest BCUT2D eigenvalue weighted by atomic mass is 10.2. The van der Waals surface area contributed by atoms with Gasteiger partial charge < -0.3 is 28.4 Å². The molecule has 214 valence electrons. The van der Waals surface area contributed by atoms with Crippen LogP contribution in [-0.2, 0) is 14.8 Å². The van der Waals surface area contributed by atoms with Crippen molar-refractivity contribution in [2.24, 2.45) is 5.10 Å². The number of carbonyl (C=O) groups is 1. The minimum atomic E-state index is -4.35. The molecule has 1 amide bonds. The predicted molar refractivity (Wildman–Crippen MR) is 149 cm³/mol. The molecule has 0 aliphatic carbocycles. The summed E-state index contributed by atoms with van der Waals surface area (Å²) in [6.45, 7) is -0.646. The van der Waals surface area contributed by atoms with Crippen LogP contribution in [0.5, 0.6) is 34.5 Å². The molecule has 0 aromatic heterocycles. The molecule has 0 aliphatic heterocycles. The second kappa shape index (κ2) is 13.4. The molecular weight excluding hydrogens is 542 g/mol. The Morgan fingerprint density at radius 3 is 1.93 bits per heavy atom. The van der Waals surface area contributed by atoms with Crippen LogP contribution in [0.15, 0.2) is 64.6 Å². The Morgan fingerprint density at radius 1 is 0.750 bits per heavy atom. The predicted octanol–water partition coefficient (Wildman–Crippen LogP) is 3.08. The van der Waals surface area contributed by atoms with Gasteiger partial charge in [0.2, 0.25) is 0 Å². The number of ether oxygens (including phenoxy) is 6. The van der Waals surface area contributed by atoms with E-state index in [2.05, 4.69) is 10.5 Å². The molecule has 40 heavy (non-hydrogen) atoms. The first-order valence-electron chi connectivity index (χ1n) is 11.7. The molecule has 0 bridgehead atoms. The van der Waals surface area contributed by atoms with Gasteiger partial charge in [0.05, 0.1) is 59.5 Å². The van der Waals surface area contributed by atoms with Gasteiger partial charge in [-0.15, -0.1) is 0 Å². The van der Waals surface area contributed by atoms with Crippen molar-refractivity contribution in [2.45, 2.75) is 4.90 Å². The summed E-state index contributed by atoms with van der Waals surface area (Å²) in [7, 11) is 4.32. The molecule has 0 atom stereocenters. The molecule has 0 unspecified atom stereocenters. The molecule has 13 heteroatoms. The maximum atomic E-state index is 13.9. The second-order valence-electron chi connectivity index (χ2n) is 7.97. The molecule has 0 radical (unpaired) electrons. The largest absolute Gasteiger partial charge is 0.497 e. The third-order valence-corrected chi connectivity index (χ3v) is 7.47. The number of methoxy groups -OCH3 is 6. The normalized spacial score (nSPS) is 11.1. The van der Waals surface area contributed by atoms with Gasteiger partial charge in [-0.2, -0.15) is 5.10 Å². The molecule has 0 heterocycles. The van der Waals surface area contributed by atoms with Crippen molar-refractivity contribution in [3.05, 3.63) is 60.2 Å². The fourth-order valence-corrected chi connectivity index (χ4v) is 5.11. The van der Waals surface area contributed by atoms with E-state index in [1.807, 2.05) is 0 Å². The first kappa shape index (κ1) is 29.9. The van der Waals surface area contributed by atoms with Crippen LogP contribution in [0.2, 0.25) is 0 Å². The Balaban J connectivity index is 2.00. The molecule has 0 saturated heterocycles. The molecule has 0 spiro atoms. The summed E-state index contributed by atoms with van der Waals surface area (Å²) in [6, 6.07) is 13.8. The van der Waals surface area contributed by atoms with Crippen LogP contribution >= 0.6 is 0 Å². The quantitative estimate of drug-likeness (QED) is 0.242. The van der Waals surface area contributed by atoms with E-state index >= 15 is 0 Å². The number of nitrogens with one attached hydrogen (secondary N) is 1. The minimum Gasteiger partial charge on any atom is -0.497 e. The number of anilines is 1. The molecule has 12 nitrogen and oxygen atoms in total. The van der Waals surface area contributed by atoms with Crippen molar-refractivity contribution in [3.8, 4) is 34.5 Å². The number of carbonyl (C=O) groups excluding carboxylic acids is 1. The zero-order valence-electron chi connectivity index (χ0n) is 23.0. The Morgan fingerprint density at radius 2 is 1.32 bits per heavy atom. The van der Waals surface area contributed by atoms with Gasteiger partial charge >= 0.3 is 0 Å². The van der Waals surface area contributed by atoms with Crippen molar-refractivity contribution in [1.82, 2.24) is 5.43 Å². The summed E-state index contributed by atoms with van der Waals surface area (Å²) >= 11 is 0. The van der Waals surface area contributed by atoms with Crippen LogP contribution in [0.3, 0.4) is 0 Å². The molecule has 1 N–H and O–H groups in total. The van der Waals surface area contributed by atoms with E-state index in [1.54, 1.807) is 24.3 Å². The number of rotatable bonds is 13. The van der Waals surface area contributed by atoms with E-state index in [4.69, 9.17) is 28.4 Å². The SMILES string of the molecule is COc1ccc(OC)c(/C=N\NC(=O)CN(c2cc(OC)ccc2OC)S(=O)(=O)c2ccc(OC)c(OC)c2)c1. The summed E-state index contributed by atoms with van der Waals surface area (Å²) in [5, 5.41) is 3.98. The Hall–Kier alpha value is -4.65. The summed E-state index contributed by atoms with van der Waals surface area (Å²) in [5.74, 6) is 1.42. The molecule has 0 fully saturated rings. The number of benzene rings is 3. The van der Waals surface area contributed by atoms with Gasteiger partial charge in [0.1, 0.15) is 29.5 Å². The highest BCUT2D eigenvalue weighted by Crippen LogP contribution is 2.37. The number of hydrazone groups is 1. The van der Waals surface area contributed by atoms with E-state index in [0.717, 1.165) is 4.31 Å². The Bertz CT molecular complexity index is 1480. The van der Waals surface area contributed by atoms with Gasteiger partial charge in [0.25, 0.3) is 15.9 Å². The van der Waals surface area contributed by atoms with Crippen LogP contribution in [-0.4, -0.2) is 69.7 Å². The van der Waals surface area contributed by atoms with Crippen molar-refractivity contribution < 1.29 is 41.6 Å². The Kier molecular flexibility index (Phi) is 10.0. The molecular formula is C27H31N3O9S. The summed E-state index contributed by atoms with van der Waals surface area (Å²) in [4.78, 5) is 12.9. The van der Waals surface area contributed by atoms with Gasteiger partial charge in [-0.05, 0) is 42.5 Å². The maximum Gasteiger partial charge on any atom is 0.265 e. The average Bonchev–Trinajstić information content (AvgIpc) is 2.98. The maximum absolute atomic E-state index is 13.9. The van der Waals surface area contributed by atoms with Crippen molar-refractivity contribution in [3.63, 3.8) is 0 Å². The fraction of sp³-hybridized carbons (Fsp3) is 0.259. The lowest BCUT2D eigenvalue weighted by Gasteiger charge is -2.26. The summed E-state index contributed by atoms with van der Waals surface area (Å²) < 4.78 is 60.5. The molecule has 3 rings (SSSR count).